The lowest BCUT2D eigenvalue weighted by molar-refractivity contribution is 0.222. The van der Waals surface area contributed by atoms with Gasteiger partial charge >= 0.3 is 5.69 Å². The maximum Gasteiger partial charge on any atom is 0.329 e. The second kappa shape index (κ2) is 11.9. The Bertz CT molecular complexity index is 1490. The minimum Gasteiger partial charge on any atom is -0.358 e. The zero-order valence-corrected chi connectivity index (χ0v) is 23.5. The fourth-order valence-corrected chi connectivity index (χ4v) is 6.75. The summed E-state index contributed by atoms with van der Waals surface area (Å²) in [4.78, 5) is 18.5. The van der Waals surface area contributed by atoms with Crippen LogP contribution in [0.25, 0.3) is 21.8 Å². The molecular weight excluding hydrogens is 502 g/mol. The van der Waals surface area contributed by atoms with Gasteiger partial charge in [0.05, 0.1) is 11.0 Å². The summed E-state index contributed by atoms with van der Waals surface area (Å²) < 4.78 is 4.09. The van der Waals surface area contributed by atoms with Gasteiger partial charge in [-0.2, -0.15) is 0 Å². The van der Waals surface area contributed by atoms with Crippen LogP contribution >= 0.6 is 12.2 Å². The molecule has 1 aromatic heterocycles. The van der Waals surface area contributed by atoms with Gasteiger partial charge in [-0.3, -0.25) is 9.13 Å². The average Bonchev–Trinajstić information content (AvgIpc) is 3.27. The number of likely N-dealkylation sites (tertiary alicyclic amines) is 2. The van der Waals surface area contributed by atoms with E-state index in [0.717, 1.165) is 61.6 Å². The normalized spacial score (nSPS) is 17.2. The second-order valence-electron chi connectivity index (χ2n) is 11.1. The molecule has 0 saturated carbocycles. The number of hydrogen-bond acceptors (Lipinski definition) is 3. The predicted molar refractivity (Wildman–Crippen MR) is 164 cm³/mol. The first-order valence-electron chi connectivity index (χ1n) is 14.6. The van der Waals surface area contributed by atoms with Gasteiger partial charge in [0.1, 0.15) is 0 Å². The molecule has 0 spiro atoms. The van der Waals surface area contributed by atoms with Crippen LogP contribution in [0.5, 0.6) is 0 Å². The molecule has 0 unspecified atom stereocenters. The molecule has 0 radical (unpaired) electrons. The molecule has 2 aliphatic heterocycles. The maximum absolute atomic E-state index is 13.7. The number of nitrogens with one attached hydrogen (secondary N) is 1. The van der Waals surface area contributed by atoms with Crippen LogP contribution in [0, 0.1) is 0 Å². The van der Waals surface area contributed by atoms with E-state index in [4.69, 9.17) is 12.2 Å². The number of thiocarbonyl (C=S) groups is 1. The standard InChI is InChI=1S/C32H39N5OS/c38-32-36(21-9-20-34-18-6-1-7-19-34)29-14-4-5-15-30(29)37(32)27-16-22-35(23-17-27)31(39)33-24-26-12-8-11-25-10-2-3-13-28(25)26/h2-5,8,10-15,27H,1,6-7,9,16-24H2,(H,33,39). The van der Waals surface area contributed by atoms with Crippen molar-refractivity contribution in [3.8, 4) is 0 Å². The molecule has 2 saturated heterocycles. The molecule has 0 bridgehead atoms. The van der Waals surface area contributed by atoms with Crippen LogP contribution in [0.2, 0.25) is 0 Å². The Hall–Kier alpha value is -3.16. The maximum atomic E-state index is 13.7. The van der Waals surface area contributed by atoms with Crippen molar-refractivity contribution in [2.75, 3.05) is 32.7 Å². The molecule has 0 amide bonds. The Balaban J connectivity index is 1.09. The van der Waals surface area contributed by atoms with E-state index < -0.39 is 0 Å². The fourth-order valence-electron chi connectivity index (χ4n) is 6.49. The first-order chi connectivity index (χ1) is 19.2. The Labute approximate surface area is 236 Å². The van der Waals surface area contributed by atoms with Crippen molar-refractivity contribution in [2.45, 2.75) is 57.7 Å². The Morgan fingerprint density at radius 1 is 0.821 bits per heavy atom. The number of para-hydroxylation sites is 2. The summed E-state index contributed by atoms with van der Waals surface area (Å²) >= 11 is 5.80. The van der Waals surface area contributed by atoms with Crippen LogP contribution in [0.1, 0.15) is 50.1 Å². The number of imidazole rings is 1. The van der Waals surface area contributed by atoms with Crippen LogP contribution in [0.15, 0.2) is 71.5 Å². The molecule has 6 nitrogen and oxygen atoms in total. The number of aryl methyl sites for hydroxylation is 1. The molecule has 204 valence electrons. The molecule has 3 heterocycles. The lowest BCUT2D eigenvalue weighted by Crippen LogP contribution is -2.45. The fraction of sp³-hybridized carbons (Fsp3) is 0.438. The zero-order valence-electron chi connectivity index (χ0n) is 22.7. The van der Waals surface area contributed by atoms with Gasteiger partial charge in [0.25, 0.3) is 0 Å². The van der Waals surface area contributed by atoms with Crippen LogP contribution in [0.4, 0.5) is 0 Å². The molecule has 0 atom stereocenters. The molecule has 1 N–H and O–H groups in total. The van der Waals surface area contributed by atoms with E-state index in [-0.39, 0.29) is 11.7 Å². The van der Waals surface area contributed by atoms with Crippen LogP contribution in [-0.2, 0) is 13.1 Å². The predicted octanol–water partition coefficient (Wildman–Crippen LogP) is 5.54. The van der Waals surface area contributed by atoms with Crippen molar-refractivity contribution >= 4 is 39.1 Å². The molecule has 6 rings (SSSR count). The third kappa shape index (κ3) is 5.61. The first-order valence-corrected chi connectivity index (χ1v) is 15.0. The third-order valence-corrected chi connectivity index (χ3v) is 9.00. The van der Waals surface area contributed by atoms with E-state index in [1.807, 2.05) is 4.57 Å². The van der Waals surface area contributed by atoms with Gasteiger partial charge in [-0.15, -0.1) is 0 Å². The van der Waals surface area contributed by atoms with Crippen molar-refractivity contribution in [2.24, 2.45) is 0 Å². The lowest BCUT2D eigenvalue weighted by atomic mass is 10.0. The topological polar surface area (TPSA) is 45.4 Å². The monoisotopic (exact) mass is 541 g/mol. The SMILES string of the molecule is O=c1n(CCCN2CCCCC2)c2ccccc2n1C1CCN(C(=S)NCc2cccc3ccccc23)CC1. The Kier molecular flexibility index (Phi) is 7.98. The molecule has 3 aromatic carbocycles. The van der Waals surface area contributed by atoms with E-state index in [1.165, 1.54) is 48.7 Å². The summed E-state index contributed by atoms with van der Waals surface area (Å²) in [6, 6.07) is 23.4. The molecule has 7 heteroatoms. The van der Waals surface area contributed by atoms with Gasteiger partial charge < -0.3 is 15.1 Å². The number of piperidine rings is 2. The van der Waals surface area contributed by atoms with Crippen molar-refractivity contribution in [3.63, 3.8) is 0 Å². The van der Waals surface area contributed by atoms with Gasteiger partial charge in [-0.05, 0) is 92.4 Å². The molecule has 2 fully saturated rings. The zero-order chi connectivity index (χ0) is 26.6. The summed E-state index contributed by atoms with van der Waals surface area (Å²) in [5.74, 6) is 0. The van der Waals surface area contributed by atoms with Crippen LogP contribution in [-0.4, -0.2) is 56.8 Å². The van der Waals surface area contributed by atoms with Crippen molar-refractivity contribution in [1.29, 1.82) is 0 Å². The van der Waals surface area contributed by atoms with E-state index in [2.05, 4.69) is 86.4 Å². The number of nitrogens with zero attached hydrogens (tertiary/aromatic N) is 4. The lowest BCUT2D eigenvalue weighted by Gasteiger charge is -2.34. The number of benzene rings is 3. The van der Waals surface area contributed by atoms with E-state index in [0.29, 0.717) is 6.54 Å². The number of rotatable bonds is 7. The van der Waals surface area contributed by atoms with Crippen LogP contribution < -0.4 is 11.0 Å². The Morgan fingerprint density at radius 3 is 2.36 bits per heavy atom. The largest absolute Gasteiger partial charge is 0.358 e. The highest BCUT2D eigenvalue weighted by molar-refractivity contribution is 7.80. The van der Waals surface area contributed by atoms with Gasteiger partial charge in [0.2, 0.25) is 0 Å². The molecule has 4 aromatic rings. The summed E-state index contributed by atoms with van der Waals surface area (Å²) in [6.07, 6.45) is 6.81. The minimum absolute atomic E-state index is 0.143. The van der Waals surface area contributed by atoms with Gasteiger partial charge in [-0.25, -0.2) is 4.79 Å². The van der Waals surface area contributed by atoms with Gasteiger partial charge in [0.15, 0.2) is 5.11 Å². The molecular formula is C32H39N5OS. The van der Waals surface area contributed by atoms with Crippen molar-refractivity contribution < 1.29 is 0 Å². The highest BCUT2D eigenvalue weighted by atomic mass is 32.1. The molecule has 0 aliphatic carbocycles. The highest BCUT2D eigenvalue weighted by Gasteiger charge is 2.26. The third-order valence-electron chi connectivity index (χ3n) is 8.60. The summed E-state index contributed by atoms with van der Waals surface area (Å²) in [6.45, 7) is 6.68. The van der Waals surface area contributed by atoms with E-state index in [9.17, 15) is 4.79 Å². The van der Waals surface area contributed by atoms with Gasteiger partial charge in [-0.1, -0.05) is 61.0 Å². The molecule has 2 aliphatic rings. The number of hydrogen-bond donors (Lipinski definition) is 1. The van der Waals surface area contributed by atoms with E-state index in [1.54, 1.807) is 0 Å². The number of aromatic nitrogens is 2. The minimum atomic E-state index is 0.143. The van der Waals surface area contributed by atoms with E-state index >= 15 is 0 Å². The summed E-state index contributed by atoms with van der Waals surface area (Å²) in [5, 5.41) is 6.81. The smallest absolute Gasteiger partial charge is 0.329 e. The first kappa shape index (κ1) is 26.1. The van der Waals surface area contributed by atoms with Crippen molar-refractivity contribution in [3.05, 3.63) is 82.8 Å². The second-order valence-corrected chi connectivity index (χ2v) is 11.5. The average molecular weight is 542 g/mol. The van der Waals surface area contributed by atoms with Crippen LogP contribution in [0.3, 0.4) is 0 Å². The molecule has 39 heavy (non-hydrogen) atoms. The van der Waals surface area contributed by atoms with Crippen molar-refractivity contribution in [1.82, 2.24) is 24.3 Å². The number of fused-ring (bicyclic) bond motifs is 2. The highest BCUT2D eigenvalue weighted by Crippen LogP contribution is 2.26. The van der Waals surface area contributed by atoms with Gasteiger partial charge in [0, 0.05) is 32.2 Å². The summed E-state index contributed by atoms with van der Waals surface area (Å²) in [7, 11) is 0. The Morgan fingerprint density at radius 2 is 1.54 bits per heavy atom. The summed E-state index contributed by atoms with van der Waals surface area (Å²) in [5.41, 5.74) is 3.53. The quantitative estimate of drug-likeness (QED) is 0.311.